The van der Waals surface area contributed by atoms with E-state index in [1.54, 1.807) is 22.7 Å². The Morgan fingerprint density at radius 3 is 3.00 bits per heavy atom. The molecule has 32 heavy (non-hydrogen) atoms. The lowest BCUT2D eigenvalue weighted by Crippen LogP contribution is -2.15. The van der Waals surface area contributed by atoms with E-state index in [0.29, 0.717) is 39.2 Å². The van der Waals surface area contributed by atoms with Crippen molar-refractivity contribution in [2.45, 2.75) is 32.2 Å². The van der Waals surface area contributed by atoms with Gasteiger partial charge >= 0.3 is 0 Å². The molecule has 1 aromatic carbocycles. The minimum Gasteiger partial charge on any atom is -0.337 e. The van der Waals surface area contributed by atoms with E-state index in [2.05, 4.69) is 25.8 Å². The van der Waals surface area contributed by atoms with Gasteiger partial charge in [0.25, 0.3) is 5.91 Å². The van der Waals surface area contributed by atoms with Crippen LogP contribution in [0.25, 0.3) is 17.0 Å². The number of rotatable bonds is 4. The third kappa shape index (κ3) is 3.36. The van der Waals surface area contributed by atoms with E-state index in [-0.39, 0.29) is 11.9 Å². The summed E-state index contributed by atoms with van der Waals surface area (Å²) in [5, 5.41) is 11.2. The van der Waals surface area contributed by atoms with Gasteiger partial charge in [0.1, 0.15) is 11.3 Å². The highest BCUT2D eigenvalue weighted by Crippen LogP contribution is 2.54. The number of aryl methyl sites for hydroxylation is 1. The Kier molecular flexibility index (Phi) is 4.34. The number of nitrogens with one attached hydrogen (secondary N) is 2. The normalized spacial score (nSPS) is 19.0. The molecule has 0 radical (unpaired) electrons. The molecule has 4 aromatic rings. The smallest absolute Gasteiger partial charge is 0.274 e. The Hall–Kier alpha value is -3.23. The molecule has 2 N–H and O–H groups in total. The van der Waals surface area contributed by atoms with Gasteiger partial charge in [0, 0.05) is 35.1 Å². The zero-order valence-electron chi connectivity index (χ0n) is 17.4. The monoisotopic (exact) mass is 448 g/mol. The van der Waals surface area contributed by atoms with Crippen molar-refractivity contribution < 1.29 is 9.32 Å². The second kappa shape index (κ2) is 7.15. The maximum Gasteiger partial charge on any atom is 0.274 e. The molecule has 1 aliphatic heterocycles. The Labute approximate surface area is 189 Å². The van der Waals surface area contributed by atoms with E-state index in [9.17, 15) is 4.79 Å². The summed E-state index contributed by atoms with van der Waals surface area (Å²) in [4.78, 5) is 21.8. The average molecular weight is 449 g/mol. The zero-order valence-corrected chi connectivity index (χ0v) is 18.2. The van der Waals surface area contributed by atoms with E-state index in [1.165, 1.54) is 19.0 Å². The number of carbonyl (C=O) groups excluding carboxylic acids is 1. The molecule has 162 valence electrons. The number of hydrogen-bond donors (Lipinski definition) is 2. The lowest BCUT2D eigenvalue weighted by Gasteiger charge is -2.09. The molecule has 9 heteroatoms. The second-order valence-electron chi connectivity index (χ2n) is 8.79. The SMILES string of the molecule is Cc1ccc(-c2noc([C@@H]3CC4(CC4)CN3)n2)cc1NC(=O)c1cnc2cc(Cl)ccn12. The predicted octanol–water partition coefficient (Wildman–Crippen LogP) is 4.41. The number of amides is 1. The number of fused-ring (bicyclic) bond motifs is 1. The number of benzene rings is 1. The second-order valence-corrected chi connectivity index (χ2v) is 9.23. The van der Waals surface area contributed by atoms with Gasteiger partial charge in [-0.15, -0.1) is 0 Å². The minimum atomic E-state index is -0.265. The van der Waals surface area contributed by atoms with Crippen molar-refractivity contribution in [1.29, 1.82) is 0 Å². The number of carbonyl (C=O) groups is 1. The van der Waals surface area contributed by atoms with Gasteiger partial charge in [-0.1, -0.05) is 28.9 Å². The Morgan fingerprint density at radius 2 is 2.19 bits per heavy atom. The molecule has 2 fully saturated rings. The van der Waals surface area contributed by atoms with E-state index in [1.807, 2.05) is 25.1 Å². The minimum absolute atomic E-state index is 0.118. The first-order valence-corrected chi connectivity index (χ1v) is 11.0. The van der Waals surface area contributed by atoms with Crippen LogP contribution in [-0.4, -0.2) is 32.0 Å². The topological polar surface area (TPSA) is 97.4 Å². The van der Waals surface area contributed by atoms with Crippen molar-refractivity contribution in [3.05, 3.63) is 64.9 Å². The molecule has 3 aromatic heterocycles. The molecule has 8 nitrogen and oxygen atoms in total. The average Bonchev–Trinajstić information content (AvgIpc) is 3.15. The quantitative estimate of drug-likeness (QED) is 0.480. The fourth-order valence-corrected chi connectivity index (χ4v) is 4.50. The molecule has 1 amide bonds. The summed E-state index contributed by atoms with van der Waals surface area (Å²) in [6, 6.07) is 9.28. The molecule has 1 atom stereocenters. The fourth-order valence-electron chi connectivity index (χ4n) is 4.35. The van der Waals surface area contributed by atoms with Crippen molar-refractivity contribution in [1.82, 2.24) is 24.8 Å². The number of halogens is 1. The van der Waals surface area contributed by atoms with Crippen LogP contribution in [-0.2, 0) is 0 Å². The van der Waals surface area contributed by atoms with Crippen LogP contribution in [0, 0.1) is 12.3 Å². The number of nitrogens with zero attached hydrogens (tertiary/aromatic N) is 4. The highest BCUT2D eigenvalue weighted by molar-refractivity contribution is 6.30. The number of imidazole rings is 1. The molecule has 6 rings (SSSR count). The molecule has 1 aliphatic carbocycles. The maximum atomic E-state index is 13.0. The molecule has 1 spiro atoms. The van der Waals surface area contributed by atoms with E-state index in [4.69, 9.17) is 16.1 Å². The first-order valence-electron chi connectivity index (χ1n) is 10.6. The molecular weight excluding hydrogens is 428 g/mol. The molecule has 1 saturated heterocycles. The van der Waals surface area contributed by atoms with Crippen molar-refractivity contribution >= 4 is 28.8 Å². The highest BCUT2D eigenvalue weighted by atomic mass is 35.5. The van der Waals surface area contributed by atoms with Gasteiger partial charge in [-0.2, -0.15) is 4.98 Å². The van der Waals surface area contributed by atoms with Crippen molar-refractivity contribution in [2.24, 2.45) is 5.41 Å². The highest BCUT2D eigenvalue weighted by Gasteiger charge is 2.49. The molecule has 0 bridgehead atoms. The molecule has 4 heterocycles. The third-order valence-electron chi connectivity index (χ3n) is 6.51. The summed E-state index contributed by atoms with van der Waals surface area (Å²) >= 11 is 6.02. The number of anilines is 1. The van der Waals surface area contributed by atoms with Gasteiger partial charge in [-0.3, -0.25) is 9.20 Å². The predicted molar refractivity (Wildman–Crippen MR) is 120 cm³/mol. The number of aromatic nitrogens is 4. The van der Waals surface area contributed by atoms with Crippen molar-refractivity contribution in [3.63, 3.8) is 0 Å². The lowest BCUT2D eigenvalue weighted by molar-refractivity contribution is 0.102. The van der Waals surface area contributed by atoms with E-state index in [0.717, 1.165) is 24.1 Å². The summed E-state index contributed by atoms with van der Waals surface area (Å²) in [6.07, 6.45) is 6.86. The molecule has 1 saturated carbocycles. The third-order valence-corrected chi connectivity index (χ3v) is 6.74. The van der Waals surface area contributed by atoms with Crippen LogP contribution in [0.5, 0.6) is 0 Å². The van der Waals surface area contributed by atoms with Gasteiger partial charge in [-0.05, 0) is 49.3 Å². The van der Waals surface area contributed by atoms with Crippen molar-refractivity contribution in [2.75, 3.05) is 11.9 Å². The van der Waals surface area contributed by atoms with E-state index >= 15 is 0 Å². The Bertz CT molecular complexity index is 1360. The van der Waals surface area contributed by atoms with Gasteiger partial charge in [0.05, 0.1) is 12.2 Å². The first kappa shape index (κ1) is 19.5. The molecule has 2 aliphatic rings. The van der Waals surface area contributed by atoms with Crippen LogP contribution in [0.1, 0.15) is 47.2 Å². The fraction of sp³-hybridized carbons (Fsp3) is 0.304. The zero-order chi connectivity index (χ0) is 21.9. The number of hydrogen-bond acceptors (Lipinski definition) is 6. The van der Waals surface area contributed by atoms with Gasteiger partial charge in [0.2, 0.25) is 11.7 Å². The summed E-state index contributed by atoms with van der Waals surface area (Å²) in [5.74, 6) is 0.872. The maximum absolute atomic E-state index is 13.0. The number of pyridine rings is 1. The Morgan fingerprint density at radius 1 is 1.31 bits per heavy atom. The van der Waals surface area contributed by atoms with E-state index < -0.39 is 0 Å². The van der Waals surface area contributed by atoms with Crippen LogP contribution < -0.4 is 10.6 Å². The van der Waals surface area contributed by atoms with Crippen LogP contribution in [0.15, 0.2) is 47.2 Å². The summed E-state index contributed by atoms with van der Waals surface area (Å²) < 4.78 is 7.26. The summed E-state index contributed by atoms with van der Waals surface area (Å²) in [6.45, 7) is 2.96. The van der Waals surface area contributed by atoms with Crippen LogP contribution in [0.3, 0.4) is 0 Å². The molecule has 0 unspecified atom stereocenters. The van der Waals surface area contributed by atoms with Gasteiger partial charge in [-0.25, -0.2) is 4.98 Å². The van der Waals surface area contributed by atoms with Crippen LogP contribution in [0.2, 0.25) is 5.02 Å². The Balaban J connectivity index is 1.25. The lowest BCUT2D eigenvalue weighted by atomic mass is 10.0. The van der Waals surface area contributed by atoms with Crippen molar-refractivity contribution in [3.8, 4) is 11.4 Å². The first-order chi connectivity index (χ1) is 15.5. The molecular formula is C23H21ClN6O2. The van der Waals surface area contributed by atoms with Crippen LogP contribution >= 0.6 is 11.6 Å². The van der Waals surface area contributed by atoms with Crippen LogP contribution in [0.4, 0.5) is 5.69 Å². The van der Waals surface area contributed by atoms with Gasteiger partial charge < -0.3 is 15.2 Å². The van der Waals surface area contributed by atoms with Gasteiger partial charge in [0.15, 0.2) is 0 Å². The largest absolute Gasteiger partial charge is 0.337 e. The summed E-state index contributed by atoms with van der Waals surface area (Å²) in [5.41, 5.74) is 3.87. The summed E-state index contributed by atoms with van der Waals surface area (Å²) in [7, 11) is 0. The standard InChI is InChI=1S/C23H21ClN6O2/c1-13-2-3-14(20-28-22(32-29-20)17-10-23(5-6-23)12-26-17)8-16(13)27-21(31)18-11-25-19-9-15(24)4-7-30(18)19/h2-4,7-9,11,17,26H,5-6,10,12H2,1H3,(H,27,31)/t17-/m0/s1.